The Hall–Kier alpha value is -0.280. The molecule has 17 heavy (non-hydrogen) atoms. The van der Waals surface area contributed by atoms with Crippen molar-refractivity contribution in [1.29, 1.82) is 0 Å². The molecule has 1 unspecified atom stereocenters. The number of carbonyl (C=O) groups excluding carboxylic acids is 1. The summed E-state index contributed by atoms with van der Waals surface area (Å²) in [6, 6.07) is 0.331. The maximum Gasteiger partial charge on any atom is 0.224 e. The van der Waals surface area contributed by atoms with Crippen molar-refractivity contribution in [1.82, 2.24) is 10.2 Å². The first-order valence-electron chi connectivity index (χ1n) is 6.41. The zero-order chi connectivity index (χ0) is 12.8. The second-order valence-corrected chi connectivity index (χ2v) is 7.42. The van der Waals surface area contributed by atoms with Crippen LogP contribution in [0.2, 0.25) is 0 Å². The van der Waals surface area contributed by atoms with Gasteiger partial charge in [-0.05, 0) is 40.5 Å². The second-order valence-electron chi connectivity index (χ2n) is 6.80. The van der Waals surface area contributed by atoms with Gasteiger partial charge in [0, 0.05) is 30.1 Å². The van der Waals surface area contributed by atoms with Crippen LogP contribution in [0.25, 0.3) is 0 Å². The number of nitrogens with zero attached hydrogens (tertiary/aromatic N) is 1. The second kappa shape index (κ2) is 4.13. The monoisotopic (exact) mass is 258 g/mol. The Labute approximate surface area is 109 Å². The topological polar surface area (TPSA) is 32.3 Å². The summed E-state index contributed by atoms with van der Waals surface area (Å²) in [5.41, 5.74) is 0.161. The molecule has 0 aromatic carbocycles. The van der Waals surface area contributed by atoms with Gasteiger partial charge in [-0.1, -0.05) is 0 Å². The minimum absolute atomic E-state index is 0.00334. The van der Waals surface area contributed by atoms with Crippen molar-refractivity contribution in [2.45, 2.75) is 69.5 Å². The molecule has 3 nitrogen and oxygen atoms in total. The number of rotatable bonds is 1. The molecular weight excluding hydrogens is 236 g/mol. The molecule has 1 N–H and O–H groups in total. The molecule has 2 fully saturated rings. The molecule has 0 spiro atoms. The lowest BCUT2D eigenvalue weighted by atomic mass is 9.79. The third-order valence-corrected chi connectivity index (χ3v) is 4.01. The first-order valence-corrected chi connectivity index (χ1v) is 6.85. The van der Waals surface area contributed by atoms with E-state index in [2.05, 4.69) is 33.0 Å². The van der Waals surface area contributed by atoms with Crippen LogP contribution in [0.15, 0.2) is 0 Å². The average Bonchev–Trinajstić information content (AvgIpc) is 2.39. The maximum atomic E-state index is 11.9. The third-order valence-electron chi connectivity index (χ3n) is 3.72. The summed E-state index contributed by atoms with van der Waals surface area (Å²) in [5.74, 6) is 0.225. The lowest BCUT2D eigenvalue weighted by Crippen LogP contribution is -2.62. The van der Waals surface area contributed by atoms with E-state index in [0.717, 1.165) is 19.4 Å². The Balaban J connectivity index is 2.13. The van der Waals surface area contributed by atoms with E-state index >= 15 is 0 Å². The van der Waals surface area contributed by atoms with Crippen LogP contribution in [0.1, 0.15) is 47.0 Å². The molecule has 98 valence electrons. The van der Waals surface area contributed by atoms with Crippen LogP contribution in [0, 0.1) is 0 Å². The van der Waals surface area contributed by atoms with Crippen molar-refractivity contribution in [3.05, 3.63) is 0 Å². The molecule has 4 heteroatoms. The number of alkyl halides is 1. The summed E-state index contributed by atoms with van der Waals surface area (Å²) in [5, 5.41) is 3.64. The number of hydrogen-bond donors (Lipinski definition) is 1. The van der Waals surface area contributed by atoms with Gasteiger partial charge in [0.05, 0.1) is 5.38 Å². The predicted octanol–water partition coefficient (Wildman–Crippen LogP) is 2.14. The molecule has 0 bridgehead atoms. The van der Waals surface area contributed by atoms with Crippen molar-refractivity contribution in [2.75, 3.05) is 6.54 Å². The Morgan fingerprint density at radius 1 is 1.24 bits per heavy atom. The molecule has 0 saturated carbocycles. The van der Waals surface area contributed by atoms with E-state index in [4.69, 9.17) is 11.6 Å². The standard InChI is InChI=1S/C13H23ClN2O/c1-12(2)6-10(7-13(3,4)15-12)16-8-9(14)5-11(16)17/h9-10,15H,5-8H2,1-4H3. The highest BCUT2D eigenvalue weighted by atomic mass is 35.5. The first-order chi connectivity index (χ1) is 7.69. The number of nitrogens with one attached hydrogen (secondary N) is 1. The number of halogens is 1. The Bertz CT molecular complexity index is 311. The summed E-state index contributed by atoms with van der Waals surface area (Å²) in [4.78, 5) is 13.9. The van der Waals surface area contributed by atoms with Gasteiger partial charge in [0.25, 0.3) is 0 Å². The van der Waals surface area contributed by atoms with Crippen LogP contribution < -0.4 is 5.32 Å². The maximum absolute atomic E-state index is 11.9. The van der Waals surface area contributed by atoms with Gasteiger partial charge in [-0.3, -0.25) is 4.79 Å². The van der Waals surface area contributed by atoms with Gasteiger partial charge in [0.15, 0.2) is 0 Å². The molecule has 0 aromatic heterocycles. The first kappa shape index (κ1) is 13.2. The van der Waals surface area contributed by atoms with E-state index in [1.54, 1.807) is 0 Å². The average molecular weight is 259 g/mol. The number of amides is 1. The lowest BCUT2D eigenvalue weighted by Gasteiger charge is -2.49. The summed E-state index contributed by atoms with van der Waals surface area (Å²) in [6.07, 6.45) is 2.52. The van der Waals surface area contributed by atoms with Gasteiger partial charge in [0.1, 0.15) is 0 Å². The van der Waals surface area contributed by atoms with Crippen molar-refractivity contribution in [3.63, 3.8) is 0 Å². The predicted molar refractivity (Wildman–Crippen MR) is 70.3 cm³/mol. The van der Waals surface area contributed by atoms with Gasteiger partial charge in [-0.15, -0.1) is 11.6 Å². The van der Waals surface area contributed by atoms with Crippen molar-refractivity contribution in [3.8, 4) is 0 Å². The number of hydrogen-bond acceptors (Lipinski definition) is 2. The summed E-state index contributed by atoms with van der Waals surface area (Å²) in [7, 11) is 0. The molecule has 2 aliphatic heterocycles. The molecule has 0 aromatic rings. The Morgan fingerprint density at radius 3 is 2.18 bits per heavy atom. The largest absolute Gasteiger partial charge is 0.338 e. The molecule has 0 aliphatic carbocycles. The molecule has 0 radical (unpaired) electrons. The van der Waals surface area contributed by atoms with Gasteiger partial charge < -0.3 is 10.2 Å². The summed E-state index contributed by atoms with van der Waals surface area (Å²) in [6.45, 7) is 9.55. The van der Waals surface area contributed by atoms with Gasteiger partial charge in [-0.25, -0.2) is 0 Å². The van der Waals surface area contributed by atoms with Crippen LogP contribution in [-0.4, -0.2) is 39.8 Å². The van der Waals surface area contributed by atoms with E-state index in [9.17, 15) is 4.79 Å². The summed E-state index contributed by atoms with van der Waals surface area (Å²) < 4.78 is 0. The highest BCUT2D eigenvalue weighted by Gasteiger charge is 2.43. The smallest absolute Gasteiger partial charge is 0.224 e. The van der Waals surface area contributed by atoms with Crippen LogP contribution in [0.5, 0.6) is 0 Å². The fourth-order valence-corrected chi connectivity index (χ4v) is 3.81. The van der Waals surface area contributed by atoms with Crippen LogP contribution in [-0.2, 0) is 4.79 Å². The molecule has 2 saturated heterocycles. The lowest BCUT2D eigenvalue weighted by molar-refractivity contribution is -0.131. The molecule has 2 heterocycles. The minimum atomic E-state index is 0.00334. The zero-order valence-electron chi connectivity index (χ0n) is 11.2. The van der Waals surface area contributed by atoms with E-state index < -0.39 is 0 Å². The van der Waals surface area contributed by atoms with Crippen LogP contribution in [0.3, 0.4) is 0 Å². The SMILES string of the molecule is CC1(C)CC(N2CC(Cl)CC2=O)CC(C)(C)N1. The van der Waals surface area contributed by atoms with E-state index in [1.807, 2.05) is 4.90 Å². The van der Waals surface area contributed by atoms with Gasteiger partial charge in [-0.2, -0.15) is 0 Å². The third kappa shape index (κ3) is 2.94. The van der Waals surface area contributed by atoms with Crippen molar-refractivity contribution < 1.29 is 4.79 Å². The summed E-state index contributed by atoms with van der Waals surface area (Å²) >= 11 is 6.09. The van der Waals surface area contributed by atoms with Crippen LogP contribution >= 0.6 is 11.6 Å². The van der Waals surface area contributed by atoms with E-state index in [1.165, 1.54) is 0 Å². The van der Waals surface area contributed by atoms with Crippen LogP contribution in [0.4, 0.5) is 0 Å². The molecule has 2 rings (SSSR count). The quantitative estimate of drug-likeness (QED) is 0.731. The Kier molecular flexibility index (Phi) is 3.20. The fourth-order valence-electron chi connectivity index (χ4n) is 3.53. The Morgan fingerprint density at radius 2 is 1.76 bits per heavy atom. The molecular formula is C13H23ClN2O. The molecule has 2 aliphatic rings. The number of likely N-dealkylation sites (tertiary alicyclic amines) is 1. The van der Waals surface area contributed by atoms with Gasteiger partial charge >= 0.3 is 0 Å². The van der Waals surface area contributed by atoms with Crippen molar-refractivity contribution >= 4 is 17.5 Å². The molecule has 1 atom stereocenters. The van der Waals surface area contributed by atoms with Crippen molar-refractivity contribution in [2.24, 2.45) is 0 Å². The highest BCUT2D eigenvalue weighted by Crippen LogP contribution is 2.34. The van der Waals surface area contributed by atoms with E-state index in [-0.39, 0.29) is 22.4 Å². The molecule has 1 amide bonds. The van der Waals surface area contributed by atoms with E-state index in [0.29, 0.717) is 12.5 Å². The highest BCUT2D eigenvalue weighted by molar-refractivity contribution is 6.22. The number of piperidine rings is 1. The minimum Gasteiger partial charge on any atom is -0.338 e. The van der Waals surface area contributed by atoms with Gasteiger partial charge in [0.2, 0.25) is 5.91 Å². The zero-order valence-corrected chi connectivity index (χ0v) is 12.0. The normalized spacial score (nSPS) is 33.1. The fraction of sp³-hybridized carbons (Fsp3) is 0.923. The number of carbonyl (C=O) groups is 1.